The van der Waals surface area contributed by atoms with Gasteiger partial charge in [-0.25, -0.2) is 0 Å². The van der Waals surface area contributed by atoms with Crippen molar-refractivity contribution >= 4 is 66.7 Å². The average Bonchev–Trinajstić information content (AvgIpc) is 3.74. The van der Waals surface area contributed by atoms with Gasteiger partial charge in [-0.05, 0) is 136 Å². The maximum absolute atomic E-state index is 2.44. The summed E-state index contributed by atoms with van der Waals surface area (Å²) in [6, 6.07) is 98.6. The minimum absolute atomic E-state index is 1.08. The number of aromatic nitrogens is 1. The fourth-order valence-electron chi connectivity index (χ4n) is 9.73. The fourth-order valence-corrected chi connectivity index (χ4v) is 9.73. The van der Waals surface area contributed by atoms with Crippen LogP contribution in [0.15, 0.2) is 273 Å². The molecule has 0 atom stereocenters. The van der Waals surface area contributed by atoms with E-state index in [4.69, 9.17) is 0 Å². The molecule has 0 amide bonds. The lowest BCUT2D eigenvalue weighted by atomic mass is 9.96. The molecule has 0 aliphatic rings. The summed E-state index contributed by atoms with van der Waals surface area (Å²) < 4.78 is 2.40. The van der Waals surface area contributed by atoms with E-state index >= 15 is 0 Å². The van der Waals surface area contributed by atoms with E-state index in [1.165, 1.54) is 54.9 Å². The highest BCUT2D eigenvalue weighted by molar-refractivity contribution is 6.11. The van der Waals surface area contributed by atoms with Gasteiger partial charge in [0, 0.05) is 50.5 Å². The molecule has 0 aliphatic carbocycles. The second-order valence-corrected chi connectivity index (χ2v) is 17.0. The summed E-state index contributed by atoms with van der Waals surface area (Å²) in [4.78, 5) is 4.74. The van der Waals surface area contributed by atoms with Crippen molar-refractivity contribution in [2.75, 3.05) is 9.80 Å². The second kappa shape index (κ2) is 17.2. The molecule has 3 heteroatoms. The molecule has 11 aromatic carbocycles. The standard InChI is InChI=1S/C64H45N3/c1-5-18-48(19-6-1)61-43-51-20-13-14-21-52(51)44-63(61)66(58-40-41-60-59-30-15-16-31-62(59)67(64(60)45-58)55-28-11-4-12-29-55)57-38-34-47(35-39-57)50-23-17-22-49(42-50)46-32-36-56(37-33-46)65(53-24-7-2-8-25-53)54-26-9-3-10-27-54/h1-45H. The van der Waals surface area contributed by atoms with Gasteiger partial charge < -0.3 is 14.4 Å². The Morgan fingerprint density at radius 1 is 0.254 bits per heavy atom. The number of hydrogen-bond acceptors (Lipinski definition) is 2. The first-order valence-corrected chi connectivity index (χ1v) is 22.9. The summed E-state index contributed by atoms with van der Waals surface area (Å²) in [6.07, 6.45) is 0. The Balaban J connectivity index is 0.962. The van der Waals surface area contributed by atoms with Crippen LogP contribution < -0.4 is 9.80 Å². The largest absolute Gasteiger partial charge is 0.311 e. The predicted molar refractivity (Wildman–Crippen MR) is 284 cm³/mol. The number of rotatable bonds is 10. The van der Waals surface area contributed by atoms with Crippen LogP contribution >= 0.6 is 0 Å². The molecular weight excluding hydrogens is 811 g/mol. The van der Waals surface area contributed by atoms with E-state index < -0.39 is 0 Å². The number of fused-ring (bicyclic) bond motifs is 4. The van der Waals surface area contributed by atoms with E-state index in [2.05, 4.69) is 287 Å². The lowest BCUT2D eigenvalue weighted by molar-refractivity contribution is 1.18. The highest BCUT2D eigenvalue weighted by Gasteiger charge is 2.21. The van der Waals surface area contributed by atoms with Crippen LogP contribution in [0.5, 0.6) is 0 Å². The van der Waals surface area contributed by atoms with E-state index in [1.807, 2.05) is 0 Å². The first-order valence-electron chi connectivity index (χ1n) is 22.9. The van der Waals surface area contributed by atoms with Gasteiger partial charge in [0.15, 0.2) is 0 Å². The lowest BCUT2D eigenvalue weighted by Gasteiger charge is -2.29. The molecule has 12 rings (SSSR count). The molecule has 316 valence electrons. The van der Waals surface area contributed by atoms with Crippen LogP contribution in [0.3, 0.4) is 0 Å². The zero-order chi connectivity index (χ0) is 44.5. The third kappa shape index (κ3) is 7.49. The molecule has 0 spiro atoms. The molecule has 0 radical (unpaired) electrons. The maximum Gasteiger partial charge on any atom is 0.0561 e. The van der Waals surface area contributed by atoms with Gasteiger partial charge in [-0.1, -0.05) is 176 Å². The van der Waals surface area contributed by atoms with Gasteiger partial charge >= 0.3 is 0 Å². The number of benzene rings is 11. The summed E-state index contributed by atoms with van der Waals surface area (Å²) in [5, 5.41) is 4.86. The Kier molecular flexibility index (Phi) is 10.2. The summed E-state index contributed by atoms with van der Waals surface area (Å²) in [6.45, 7) is 0. The molecule has 0 fully saturated rings. The molecule has 12 aromatic rings. The van der Waals surface area contributed by atoms with Crippen LogP contribution in [0.25, 0.3) is 71.6 Å². The first kappa shape index (κ1) is 39.7. The van der Waals surface area contributed by atoms with Gasteiger partial charge in [0.05, 0.1) is 16.7 Å². The van der Waals surface area contributed by atoms with Gasteiger partial charge in [0.1, 0.15) is 0 Å². The lowest BCUT2D eigenvalue weighted by Crippen LogP contribution is -2.11. The van der Waals surface area contributed by atoms with E-state index in [0.29, 0.717) is 0 Å². The number of para-hydroxylation sites is 4. The zero-order valence-corrected chi connectivity index (χ0v) is 36.8. The molecule has 0 N–H and O–H groups in total. The number of hydrogen-bond donors (Lipinski definition) is 0. The monoisotopic (exact) mass is 855 g/mol. The number of nitrogens with zero attached hydrogens (tertiary/aromatic N) is 3. The molecule has 3 nitrogen and oxygen atoms in total. The van der Waals surface area contributed by atoms with Crippen LogP contribution in [0.2, 0.25) is 0 Å². The summed E-state index contributed by atoms with van der Waals surface area (Å²) >= 11 is 0. The van der Waals surface area contributed by atoms with Crippen molar-refractivity contribution in [3.8, 4) is 39.1 Å². The Morgan fingerprint density at radius 3 is 1.34 bits per heavy atom. The van der Waals surface area contributed by atoms with E-state index in [9.17, 15) is 0 Å². The predicted octanol–water partition coefficient (Wildman–Crippen LogP) is 17.9. The van der Waals surface area contributed by atoms with Crippen LogP contribution in [0.1, 0.15) is 0 Å². The van der Waals surface area contributed by atoms with Crippen molar-refractivity contribution in [3.63, 3.8) is 0 Å². The highest BCUT2D eigenvalue weighted by atomic mass is 15.2. The first-order chi connectivity index (χ1) is 33.2. The average molecular weight is 856 g/mol. The molecule has 0 unspecified atom stereocenters. The smallest absolute Gasteiger partial charge is 0.0561 e. The molecule has 67 heavy (non-hydrogen) atoms. The van der Waals surface area contributed by atoms with Gasteiger partial charge in [0.2, 0.25) is 0 Å². The highest BCUT2D eigenvalue weighted by Crippen LogP contribution is 2.45. The third-order valence-electron chi connectivity index (χ3n) is 12.9. The molecule has 0 saturated heterocycles. The van der Waals surface area contributed by atoms with Crippen LogP contribution in [0, 0.1) is 0 Å². The van der Waals surface area contributed by atoms with Crippen LogP contribution in [-0.2, 0) is 0 Å². The third-order valence-corrected chi connectivity index (χ3v) is 12.9. The zero-order valence-electron chi connectivity index (χ0n) is 36.8. The number of anilines is 6. The minimum Gasteiger partial charge on any atom is -0.311 e. The SMILES string of the molecule is c1ccc(-c2cc3ccccc3cc2N(c2ccc(-c3cccc(-c4ccc(N(c5ccccc5)c5ccccc5)cc4)c3)cc2)c2ccc3c4ccccc4n(-c4ccccc4)c3c2)cc1. The van der Waals surface area contributed by atoms with Crippen LogP contribution in [0.4, 0.5) is 34.1 Å². The van der Waals surface area contributed by atoms with Crippen molar-refractivity contribution in [3.05, 3.63) is 273 Å². The summed E-state index contributed by atoms with van der Waals surface area (Å²) in [5.41, 5.74) is 17.1. The molecule has 1 heterocycles. The van der Waals surface area contributed by atoms with E-state index in [1.54, 1.807) is 0 Å². The van der Waals surface area contributed by atoms with Crippen LogP contribution in [-0.4, -0.2) is 4.57 Å². The Hall–Kier alpha value is -8.92. The van der Waals surface area contributed by atoms with Gasteiger partial charge in [-0.2, -0.15) is 0 Å². The molecule has 0 saturated carbocycles. The molecule has 0 bridgehead atoms. The topological polar surface area (TPSA) is 11.4 Å². The normalized spacial score (nSPS) is 11.3. The van der Waals surface area contributed by atoms with Gasteiger partial charge in [-0.15, -0.1) is 0 Å². The summed E-state index contributed by atoms with van der Waals surface area (Å²) in [5.74, 6) is 0. The van der Waals surface area contributed by atoms with Gasteiger partial charge in [0.25, 0.3) is 0 Å². The van der Waals surface area contributed by atoms with E-state index in [-0.39, 0.29) is 0 Å². The van der Waals surface area contributed by atoms with Crippen molar-refractivity contribution < 1.29 is 0 Å². The quantitative estimate of drug-likeness (QED) is 0.136. The molecule has 0 aliphatic heterocycles. The second-order valence-electron chi connectivity index (χ2n) is 17.0. The minimum atomic E-state index is 1.08. The van der Waals surface area contributed by atoms with Crippen molar-refractivity contribution in [2.45, 2.75) is 0 Å². The van der Waals surface area contributed by atoms with Crippen molar-refractivity contribution in [2.24, 2.45) is 0 Å². The fraction of sp³-hybridized carbons (Fsp3) is 0. The molecule has 1 aromatic heterocycles. The summed E-state index contributed by atoms with van der Waals surface area (Å²) in [7, 11) is 0. The van der Waals surface area contributed by atoms with Crippen molar-refractivity contribution in [1.82, 2.24) is 4.57 Å². The van der Waals surface area contributed by atoms with E-state index in [0.717, 1.165) is 50.9 Å². The van der Waals surface area contributed by atoms with Crippen molar-refractivity contribution in [1.29, 1.82) is 0 Å². The van der Waals surface area contributed by atoms with Gasteiger partial charge in [-0.3, -0.25) is 0 Å². The molecular formula is C64H45N3. The Bertz CT molecular complexity index is 3620. The Morgan fingerprint density at radius 2 is 0.716 bits per heavy atom. The maximum atomic E-state index is 2.44. The Labute approximate surface area is 391 Å².